The molecule has 2 aromatic carbocycles. The third kappa shape index (κ3) is 4.91. The van der Waals surface area contributed by atoms with E-state index in [2.05, 4.69) is 28.8 Å². The fourth-order valence-corrected chi connectivity index (χ4v) is 3.84. The van der Waals surface area contributed by atoms with E-state index in [1.165, 1.54) is 5.56 Å². The Morgan fingerprint density at radius 1 is 1.04 bits per heavy atom. The monoisotopic (exact) mass is 379 g/mol. The number of rotatable bonds is 5. The molecule has 0 saturated carbocycles. The van der Waals surface area contributed by atoms with E-state index in [-0.39, 0.29) is 23.9 Å². The number of carbonyl (C=O) groups is 2. The van der Waals surface area contributed by atoms with Crippen LogP contribution in [0.2, 0.25) is 0 Å². The molecule has 1 saturated heterocycles. The van der Waals surface area contributed by atoms with Crippen LogP contribution in [0.3, 0.4) is 0 Å². The normalized spacial score (nSPS) is 19.1. The van der Waals surface area contributed by atoms with Crippen LogP contribution >= 0.6 is 0 Å². The van der Waals surface area contributed by atoms with Crippen LogP contribution in [-0.4, -0.2) is 29.9 Å². The molecule has 0 spiro atoms. The van der Waals surface area contributed by atoms with Crippen LogP contribution in [0, 0.1) is 12.8 Å². The van der Waals surface area contributed by atoms with Crippen molar-refractivity contribution in [2.75, 3.05) is 13.1 Å². The lowest BCUT2D eigenvalue weighted by atomic mass is 9.88. The maximum Gasteiger partial charge on any atom is 0.317 e. The first kappa shape index (κ1) is 19.9. The predicted octanol–water partition coefficient (Wildman–Crippen LogP) is 3.79. The van der Waals surface area contributed by atoms with E-state index >= 15 is 0 Å². The van der Waals surface area contributed by atoms with Gasteiger partial charge in [0, 0.05) is 19.6 Å². The average Bonchev–Trinajstić information content (AvgIpc) is 2.72. The van der Waals surface area contributed by atoms with Gasteiger partial charge in [0.05, 0.1) is 12.0 Å². The van der Waals surface area contributed by atoms with E-state index < -0.39 is 0 Å². The zero-order valence-electron chi connectivity index (χ0n) is 16.7. The number of nitrogens with one attached hydrogen (secondary N) is 2. The number of benzene rings is 2. The molecule has 1 heterocycles. The Balaban J connectivity index is 1.67. The lowest BCUT2D eigenvalue weighted by Crippen LogP contribution is -2.50. The van der Waals surface area contributed by atoms with E-state index in [1.54, 1.807) is 0 Å². The summed E-state index contributed by atoms with van der Waals surface area (Å²) in [6.45, 7) is 5.47. The fourth-order valence-electron chi connectivity index (χ4n) is 3.84. The zero-order chi connectivity index (χ0) is 19.9. The minimum absolute atomic E-state index is 0.00794. The third-order valence-corrected chi connectivity index (χ3v) is 5.28. The summed E-state index contributed by atoms with van der Waals surface area (Å²) in [5, 5.41) is 5.94. The molecule has 1 fully saturated rings. The highest BCUT2D eigenvalue weighted by Crippen LogP contribution is 2.33. The minimum Gasteiger partial charge on any atom is -0.352 e. The number of urea groups is 1. The topological polar surface area (TPSA) is 61.4 Å². The second-order valence-electron chi connectivity index (χ2n) is 7.40. The summed E-state index contributed by atoms with van der Waals surface area (Å²) in [4.78, 5) is 27.2. The highest BCUT2D eigenvalue weighted by atomic mass is 16.2. The molecule has 3 amide bonds. The molecule has 28 heavy (non-hydrogen) atoms. The van der Waals surface area contributed by atoms with Crippen LogP contribution in [0.4, 0.5) is 4.79 Å². The van der Waals surface area contributed by atoms with Gasteiger partial charge < -0.3 is 15.5 Å². The van der Waals surface area contributed by atoms with Gasteiger partial charge in [0.2, 0.25) is 5.91 Å². The minimum atomic E-state index is -0.188. The van der Waals surface area contributed by atoms with E-state index in [9.17, 15) is 9.59 Å². The quantitative estimate of drug-likeness (QED) is 0.830. The Labute approximate surface area is 167 Å². The van der Waals surface area contributed by atoms with E-state index in [4.69, 9.17) is 0 Å². The lowest BCUT2D eigenvalue weighted by molar-refractivity contribution is -0.126. The molecule has 1 aliphatic heterocycles. The van der Waals surface area contributed by atoms with Crippen LogP contribution in [-0.2, 0) is 11.3 Å². The van der Waals surface area contributed by atoms with Gasteiger partial charge in [-0.25, -0.2) is 4.79 Å². The first-order valence-corrected chi connectivity index (χ1v) is 10.0. The van der Waals surface area contributed by atoms with Crippen LogP contribution < -0.4 is 10.6 Å². The summed E-state index contributed by atoms with van der Waals surface area (Å²) in [6, 6.07) is 18.1. The van der Waals surface area contributed by atoms with Crippen LogP contribution in [0.15, 0.2) is 54.6 Å². The van der Waals surface area contributed by atoms with Gasteiger partial charge in [-0.15, -0.1) is 0 Å². The molecule has 5 nitrogen and oxygen atoms in total. The molecule has 2 unspecified atom stereocenters. The molecule has 2 N–H and O–H groups in total. The summed E-state index contributed by atoms with van der Waals surface area (Å²) < 4.78 is 0. The van der Waals surface area contributed by atoms with Crippen LogP contribution in [0.1, 0.15) is 42.5 Å². The summed E-state index contributed by atoms with van der Waals surface area (Å²) in [6.07, 6.45) is 1.55. The van der Waals surface area contributed by atoms with Crippen molar-refractivity contribution in [3.05, 3.63) is 71.3 Å². The van der Waals surface area contributed by atoms with E-state index in [0.29, 0.717) is 19.6 Å². The molecule has 0 aliphatic carbocycles. The third-order valence-electron chi connectivity index (χ3n) is 5.28. The van der Waals surface area contributed by atoms with Gasteiger partial charge >= 0.3 is 6.03 Å². The Kier molecular flexibility index (Phi) is 6.69. The number of aryl methyl sites for hydroxylation is 1. The first-order valence-electron chi connectivity index (χ1n) is 10.0. The number of nitrogens with zero attached hydrogens (tertiary/aromatic N) is 1. The summed E-state index contributed by atoms with van der Waals surface area (Å²) >= 11 is 0. The highest BCUT2D eigenvalue weighted by Gasteiger charge is 2.35. The maximum atomic E-state index is 12.8. The molecule has 0 radical (unpaired) electrons. The summed E-state index contributed by atoms with van der Waals surface area (Å²) in [5.41, 5.74) is 3.39. The molecule has 148 valence electrons. The SMILES string of the molecule is CCNC(=O)N1CC(C(=O)NCc2cccc(C)c2)CCC1c1ccccc1. The molecule has 0 bridgehead atoms. The van der Waals surface area contributed by atoms with Crippen molar-refractivity contribution in [3.8, 4) is 0 Å². The van der Waals surface area contributed by atoms with Crippen LogP contribution in [0.5, 0.6) is 0 Å². The van der Waals surface area contributed by atoms with Crippen molar-refractivity contribution in [2.45, 2.75) is 39.3 Å². The summed E-state index contributed by atoms with van der Waals surface area (Å²) in [7, 11) is 0. The average molecular weight is 380 g/mol. The van der Waals surface area contributed by atoms with Gasteiger partial charge in [-0.2, -0.15) is 0 Å². The van der Waals surface area contributed by atoms with Gasteiger partial charge in [-0.05, 0) is 37.8 Å². The van der Waals surface area contributed by atoms with Crippen molar-refractivity contribution in [1.82, 2.24) is 15.5 Å². The lowest BCUT2D eigenvalue weighted by Gasteiger charge is -2.39. The Morgan fingerprint density at radius 2 is 1.82 bits per heavy atom. The largest absolute Gasteiger partial charge is 0.352 e. The van der Waals surface area contributed by atoms with Crippen molar-refractivity contribution in [1.29, 1.82) is 0 Å². The number of piperidine rings is 1. The number of amides is 3. The zero-order valence-corrected chi connectivity index (χ0v) is 16.7. The fraction of sp³-hybridized carbons (Fsp3) is 0.391. The van der Waals surface area contributed by atoms with Crippen molar-refractivity contribution < 1.29 is 9.59 Å². The molecule has 0 aromatic heterocycles. The van der Waals surface area contributed by atoms with Gasteiger partial charge in [-0.1, -0.05) is 60.2 Å². The Morgan fingerprint density at radius 3 is 2.54 bits per heavy atom. The predicted molar refractivity (Wildman–Crippen MR) is 111 cm³/mol. The van der Waals surface area contributed by atoms with Crippen molar-refractivity contribution in [2.24, 2.45) is 5.92 Å². The molecule has 2 atom stereocenters. The van der Waals surface area contributed by atoms with Gasteiger partial charge in [0.15, 0.2) is 0 Å². The standard InChI is InChI=1S/C23H29N3O2/c1-3-24-23(28)26-16-20(12-13-21(26)19-10-5-4-6-11-19)22(27)25-15-18-9-7-8-17(2)14-18/h4-11,14,20-21H,3,12-13,15-16H2,1-2H3,(H,24,28)(H,25,27). The van der Waals surface area contributed by atoms with Crippen molar-refractivity contribution in [3.63, 3.8) is 0 Å². The Bertz CT molecular complexity index is 807. The molecule has 1 aliphatic rings. The van der Waals surface area contributed by atoms with E-state index in [1.807, 2.05) is 55.1 Å². The van der Waals surface area contributed by atoms with Crippen LogP contribution in [0.25, 0.3) is 0 Å². The van der Waals surface area contributed by atoms with E-state index in [0.717, 1.165) is 24.0 Å². The molecule has 5 heteroatoms. The second-order valence-corrected chi connectivity index (χ2v) is 7.40. The molecular weight excluding hydrogens is 350 g/mol. The first-order chi connectivity index (χ1) is 13.6. The van der Waals surface area contributed by atoms with Gasteiger partial charge in [0.1, 0.15) is 0 Å². The molecule has 3 rings (SSSR count). The Hall–Kier alpha value is -2.82. The summed E-state index contributed by atoms with van der Waals surface area (Å²) in [5.74, 6) is -0.172. The molecular formula is C23H29N3O2. The number of carbonyl (C=O) groups excluding carboxylic acids is 2. The van der Waals surface area contributed by atoms with Gasteiger partial charge in [0.25, 0.3) is 0 Å². The van der Waals surface area contributed by atoms with Crippen molar-refractivity contribution >= 4 is 11.9 Å². The smallest absolute Gasteiger partial charge is 0.317 e. The highest BCUT2D eigenvalue weighted by molar-refractivity contribution is 5.81. The number of hydrogen-bond acceptors (Lipinski definition) is 2. The van der Waals surface area contributed by atoms with Gasteiger partial charge in [-0.3, -0.25) is 4.79 Å². The maximum absolute atomic E-state index is 12.8. The number of hydrogen-bond donors (Lipinski definition) is 2. The molecule has 2 aromatic rings. The second kappa shape index (κ2) is 9.40. The number of likely N-dealkylation sites (tertiary alicyclic amines) is 1.